The van der Waals surface area contributed by atoms with Gasteiger partial charge in [-0.2, -0.15) is 4.31 Å². The summed E-state index contributed by atoms with van der Waals surface area (Å²) in [6.45, 7) is 5.93. The predicted molar refractivity (Wildman–Crippen MR) is 92.5 cm³/mol. The van der Waals surface area contributed by atoms with Crippen LogP contribution in [0.4, 0.5) is 5.69 Å². The molecule has 0 aliphatic carbocycles. The van der Waals surface area contributed by atoms with Gasteiger partial charge in [-0.05, 0) is 25.3 Å². The van der Waals surface area contributed by atoms with Gasteiger partial charge in [0.15, 0.2) is 0 Å². The number of hydrogen-bond donors (Lipinski definition) is 1. The Morgan fingerprint density at radius 2 is 2.08 bits per heavy atom. The van der Waals surface area contributed by atoms with Crippen molar-refractivity contribution in [2.75, 3.05) is 19.6 Å². The van der Waals surface area contributed by atoms with Crippen molar-refractivity contribution in [3.63, 3.8) is 0 Å². The second kappa shape index (κ2) is 7.75. The van der Waals surface area contributed by atoms with Crippen molar-refractivity contribution in [2.45, 2.75) is 24.7 Å². The Balaban J connectivity index is 2.15. The minimum atomic E-state index is -3.83. The zero-order chi connectivity index (χ0) is 18.6. The normalized spacial score (nSPS) is 16.4. The van der Waals surface area contributed by atoms with Crippen LogP contribution in [0.1, 0.15) is 18.4 Å². The van der Waals surface area contributed by atoms with E-state index >= 15 is 0 Å². The van der Waals surface area contributed by atoms with Gasteiger partial charge in [0.25, 0.3) is 5.69 Å². The van der Waals surface area contributed by atoms with Crippen LogP contribution in [0, 0.1) is 23.0 Å². The molecule has 1 aliphatic rings. The van der Waals surface area contributed by atoms with Crippen LogP contribution in [0.2, 0.25) is 0 Å². The highest BCUT2D eigenvalue weighted by molar-refractivity contribution is 7.89. The molecule has 0 unspecified atom stereocenters. The maximum Gasteiger partial charge on any atom is 0.270 e. The summed E-state index contributed by atoms with van der Waals surface area (Å²) in [4.78, 5) is 22.2. The lowest BCUT2D eigenvalue weighted by molar-refractivity contribution is -0.385. The van der Waals surface area contributed by atoms with Crippen molar-refractivity contribution in [3.8, 4) is 0 Å². The van der Waals surface area contributed by atoms with Gasteiger partial charge < -0.3 is 5.32 Å². The van der Waals surface area contributed by atoms with E-state index in [0.29, 0.717) is 24.9 Å². The lowest BCUT2D eigenvalue weighted by atomic mass is 9.97. The van der Waals surface area contributed by atoms with Gasteiger partial charge >= 0.3 is 0 Å². The number of sulfonamides is 1. The van der Waals surface area contributed by atoms with Crippen molar-refractivity contribution in [1.29, 1.82) is 0 Å². The van der Waals surface area contributed by atoms with Gasteiger partial charge in [0, 0.05) is 37.7 Å². The second-order valence-corrected chi connectivity index (χ2v) is 7.83. The molecule has 1 amide bonds. The van der Waals surface area contributed by atoms with Crippen molar-refractivity contribution < 1.29 is 18.1 Å². The molecule has 8 nitrogen and oxygen atoms in total. The van der Waals surface area contributed by atoms with Gasteiger partial charge in [-0.3, -0.25) is 14.9 Å². The van der Waals surface area contributed by atoms with E-state index in [0.717, 1.165) is 6.07 Å². The molecular formula is C16H21N3O5S. The first-order valence-electron chi connectivity index (χ1n) is 7.91. The number of non-ortho nitro benzene ring substituents is 1. The minimum absolute atomic E-state index is 0.0590. The average Bonchev–Trinajstić information content (AvgIpc) is 2.59. The largest absolute Gasteiger partial charge is 0.352 e. The number of nitro groups is 1. The first-order chi connectivity index (χ1) is 11.8. The third-order valence-corrected chi connectivity index (χ3v) is 6.29. The molecule has 0 radical (unpaired) electrons. The molecular weight excluding hydrogens is 346 g/mol. The van der Waals surface area contributed by atoms with Crippen LogP contribution >= 0.6 is 0 Å². The monoisotopic (exact) mass is 367 g/mol. The molecule has 0 saturated carbocycles. The van der Waals surface area contributed by atoms with Gasteiger partial charge in [-0.1, -0.05) is 12.1 Å². The fourth-order valence-electron chi connectivity index (χ4n) is 2.79. The second-order valence-electron chi connectivity index (χ2n) is 5.92. The number of piperidine rings is 1. The van der Waals surface area contributed by atoms with Gasteiger partial charge in [-0.15, -0.1) is 6.58 Å². The van der Waals surface area contributed by atoms with E-state index < -0.39 is 14.9 Å². The Labute approximate surface area is 146 Å². The first kappa shape index (κ1) is 19.1. The third-order valence-electron chi connectivity index (χ3n) is 4.25. The average molecular weight is 367 g/mol. The summed E-state index contributed by atoms with van der Waals surface area (Å²) in [5, 5.41) is 13.6. The van der Waals surface area contributed by atoms with E-state index in [-0.39, 0.29) is 35.5 Å². The molecule has 1 aliphatic heterocycles. The van der Waals surface area contributed by atoms with E-state index in [1.165, 1.54) is 16.4 Å². The Morgan fingerprint density at radius 1 is 1.44 bits per heavy atom. The van der Waals surface area contributed by atoms with E-state index in [9.17, 15) is 23.3 Å². The number of carbonyl (C=O) groups is 1. The number of carbonyl (C=O) groups excluding carboxylic acids is 1. The Hall–Kier alpha value is -2.26. The number of nitro benzene ring substituents is 1. The van der Waals surface area contributed by atoms with Crippen molar-refractivity contribution in [3.05, 3.63) is 46.5 Å². The van der Waals surface area contributed by atoms with E-state index in [4.69, 9.17) is 0 Å². The van der Waals surface area contributed by atoms with Crippen LogP contribution in [-0.4, -0.2) is 43.2 Å². The number of amides is 1. The molecule has 1 fully saturated rings. The van der Waals surface area contributed by atoms with Gasteiger partial charge in [0.2, 0.25) is 15.9 Å². The number of benzene rings is 1. The molecule has 9 heteroatoms. The topological polar surface area (TPSA) is 110 Å². The highest BCUT2D eigenvalue weighted by Gasteiger charge is 2.33. The fourth-order valence-corrected chi connectivity index (χ4v) is 4.51. The smallest absolute Gasteiger partial charge is 0.270 e. The van der Waals surface area contributed by atoms with Crippen molar-refractivity contribution in [2.24, 2.45) is 5.92 Å². The molecule has 0 atom stereocenters. The minimum Gasteiger partial charge on any atom is -0.352 e. The van der Waals surface area contributed by atoms with E-state index in [1.54, 1.807) is 13.0 Å². The molecule has 136 valence electrons. The molecule has 0 spiro atoms. The van der Waals surface area contributed by atoms with Crippen LogP contribution in [0.15, 0.2) is 35.7 Å². The van der Waals surface area contributed by atoms with E-state index in [1.807, 2.05) is 0 Å². The maximum atomic E-state index is 12.8. The number of nitrogens with zero attached hydrogens (tertiary/aromatic N) is 2. The summed E-state index contributed by atoms with van der Waals surface area (Å²) in [5.74, 6) is -0.346. The Morgan fingerprint density at radius 3 is 2.64 bits per heavy atom. The van der Waals surface area contributed by atoms with Gasteiger partial charge in [0.1, 0.15) is 0 Å². The maximum absolute atomic E-state index is 12.8. The van der Waals surface area contributed by atoms with Crippen molar-refractivity contribution >= 4 is 21.6 Å². The molecule has 25 heavy (non-hydrogen) atoms. The van der Waals surface area contributed by atoms with E-state index in [2.05, 4.69) is 11.9 Å². The molecule has 0 aromatic heterocycles. The highest BCUT2D eigenvalue weighted by Crippen LogP contribution is 2.28. The molecule has 1 aromatic rings. The zero-order valence-corrected chi connectivity index (χ0v) is 14.8. The first-order valence-corrected chi connectivity index (χ1v) is 9.35. The number of rotatable bonds is 6. The molecule has 1 aromatic carbocycles. The summed E-state index contributed by atoms with van der Waals surface area (Å²) < 4.78 is 26.9. The highest BCUT2D eigenvalue weighted by atomic mass is 32.2. The lowest BCUT2D eigenvalue weighted by Gasteiger charge is -2.30. The van der Waals surface area contributed by atoms with Crippen LogP contribution in [0.3, 0.4) is 0 Å². The van der Waals surface area contributed by atoms with Crippen LogP contribution < -0.4 is 5.32 Å². The number of aryl methyl sites for hydroxylation is 1. The lowest BCUT2D eigenvalue weighted by Crippen LogP contribution is -2.43. The molecule has 1 N–H and O–H groups in total. The summed E-state index contributed by atoms with van der Waals surface area (Å²) in [6.07, 6.45) is 2.41. The predicted octanol–water partition coefficient (Wildman–Crippen LogP) is 1.61. The van der Waals surface area contributed by atoms with Crippen molar-refractivity contribution in [1.82, 2.24) is 9.62 Å². The number of hydrogen-bond acceptors (Lipinski definition) is 5. The zero-order valence-electron chi connectivity index (χ0n) is 14.0. The summed E-state index contributed by atoms with van der Waals surface area (Å²) in [7, 11) is -3.83. The van der Waals surface area contributed by atoms with Crippen LogP contribution in [0.5, 0.6) is 0 Å². The van der Waals surface area contributed by atoms with Gasteiger partial charge in [-0.25, -0.2) is 8.42 Å². The SMILES string of the molecule is C=CCNC(=O)C1CCN(S(=O)(=O)c2cc([N+](=O)[O-])ccc2C)CC1. The van der Waals surface area contributed by atoms with Crippen LogP contribution in [0.25, 0.3) is 0 Å². The molecule has 1 heterocycles. The third kappa shape index (κ3) is 4.23. The molecule has 1 saturated heterocycles. The van der Waals surface area contributed by atoms with Crippen LogP contribution in [-0.2, 0) is 14.8 Å². The quantitative estimate of drug-likeness (QED) is 0.467. The molecule has 2 rings (SSSR count). The van der Waals surface area contributed by atoms with Gasteiger partial charge in [0.05, 0.1) is 9.82 Å². The Kier molecular flexibility index (Phi) is 5.91. The Bertz CT molecular complexity index is 783. The standard InChI is InChI=1S/C16H21N3O5S/c1-3-8-17-16(20)13-6-9-18(10-7-13)25(23,24)15-11-14(19(21)22)5-4-12(15)2/h3-5,11,13H,1,6-10H2,2H3,(H,17,20). The summed E-state index contributed by atoms with van der Waals surface area (Å²) in [5.41, 5.74) is 0.194. The summed E-state index contributed by atoms with van der Waals surface area (Å²) in [6, 6.07) is 3.80. The number of nitrogens with one attached hydrogen (secondary N) is 1. The fraction of sp³-hybridized carbons (Fsp3) is 0.438. The summed E-state index contributed by atoms with van der Waals surface area (Å²) >= 11 is 0. The molecule has 0 bridgehead atoms.